The smallest absolute Gasteiger partial charge is 0.174 e. The molecule has 0 aliphatic rings. The number of nitrogen functional groups attached to an aromatic ring is 1. The lowest BCUT2D eigenvalue weighted by atomic mass is 10.3. The van der Waals surface area contributed by atoms with Crippen molar-refractivity contribution in [1.29, 1.82) is 0 Å². The SMILES string of the molecule is Cc1nnc(SCCOc2cccc(N)c2)s1. The first kappa shape index (κ1) is 12.2. The number of nitrogens with zero attached hydrogens (tertiary/aromatic N) is 2. The molecule has 1 aromatic heterocycles. The van der Waals surface area contributed by atoms with Crippen molar-refractivity contribution in [3.8, 4) is 5.75 Å². The highest BCUT2D eigenvalue weighted by Crippen LogP contribution is 2.22. The fourth-order valence-corrected chi connectivity index (χ4v) is 2.93. The van der Waals surface area contributed by atoms with E-state index in [9.17, 15) is 0 Å². The van der Waals surface area contributed by atoms with Crippen molar-refractivity contribution >= 4 is 28.8 Å². The minimum Gasteiger partial charge on any atom is -0.493 e. The number of benzene rings is 1. The van der Waals surface area contributed by atoms with E-state index >= 15 is 0 Å². The Morgan fingerprint density at radius 2 is 2.29 bits per heavy atom. The predicted molar refractivity (Wildman–Crippen MR) is 71.7 cm³/mol. The summed E-state index contributed by atoms with van der Waals surface area (Å²) < 4.78 is 6.56. The highest BCUT2D eigenvalue weighted by molar-refractivity contribution is 8.01. The van der Waals surface area contributed by atoms with Crippen molar-refractivity contribution in [3.05, 3.63) is 29.3 Å². The average Bonchev–Trinajstić information content (AvgIpc) is 2.71. The Bertz CT molecular complexity index is 487. The number of aryl methyl sites for hydroxylation is 1. The summed E-state index contributed by atoms with van der Waals surface area (Å²) in [5, 5.41) is 8.98. The topological polar surface area (TPSA) is 61.0 Å². The molecule has 2 aromatic rings. The molecular weight excluding hydrogens is 254 g/mol. The molecule has 0 fully saturated rings. The van der Waals surface area contributed by atoms with Gasteiger partial charge in [0, 0.05) is 17.5 Å². The molecule has 90 valence electrons. The van der Waals surface area contributed by atoms with Gasteiger partial charge in [0.05, 0.1) is 6.61 Å². The summed E-state index contributed by atoms with van der Waals surface area (Å²) in [5.74, 6) is 1.66. The Kier molecular flexibility index (Phi) is 4.22. The maximum absolute atomic E-state index is 5.65. The van der Waals surface area contributed by atoms with Gasteiger partial charge in [-0.1, -0.05) is 29.2 Å². The fraction of sp³-hybridized carbons (Fsp3) is 0.273. The summed E-state index contributed by atoms with van der Waals surface area (Å²) in [4.78, 5) is 0. The molecule has 0 aliphatic carbocycles. The second-order valence-corrected chi connectivity index (χ2v) is 5.88. The highest BCUT2D eigenvalue weighted by Gasteiger charge is 2.01. The van der Waals surface area contributed by atoms with Gasteiger partial charge >= 0.3 is 0 Å². The van der Waals surface area contributed by atoms with Crippen molar-refractivity contribution in [1.82, 2.24) is 10.2 Å². The van der Waals surface area contributed by atoms with Gasteiger partial charge in [-0.15, -0.1) is 10.2 Å². The van der Waals surface area contributed by atoms with Crippen molar-refractivity contribution in [2.24, 2.45) is 0 Å². The Morgan fingerprint density at radius 1 is 1.41 bits per heavy atom. The molecule has 0 amide bonds. The van der Waals surface area contributed by atoms with Crippen LogP contribution in [0.1, 0.15) is 5.01 Å². The molecule has 4 nitrogen and oxygen atoms in total. The quantitative estimate of drug-likeness (QED) is 0.512. The van der Waals surface area contributed by atoms with Gasteiger partial charge in [-0.25, -0.2) is 0 Å². The largest absolute Gasteiger partial charge is 0.493 e. The first-order valence-corrected chi connectivity index (χ1v) is 6.95. The van der Waals surface area contributed by atoms with Crippen molar-refractivity contribution in [3.63, 3.8) is 0 Å². The van der Waals surface area contributed by atoms with Gasteiger partial charge in [-0.3, -0.25) is 0 Å². The number of ether oxygens (including phenoxy) is 1. The summed E-state index contributed by atoms with van der Waals surface area (Å²) in [7, 11) is 0. The zero-order valence-electron chi connectivity index (χ0n) is 9.42. The lowest BCUT2D eigenvalue weighted by Crippen LogP contribution is -2.00. The molecule has 0 saturated carbocycles. The zero-order valence-corrected chi connectivity index (χ0v) is 11.1. The number of hydrogen-bond donors (Lipinski definition) is 1. The van der Waals surface area contributed by atoms with Crippen LogP contribution in [0.25, 0.3) is 0 Å². The van der Waals surface area contributed by atoms with Gasteiger partial charge in [0.1, 0.15) is 10.8 Å². The average molecular weight is 267 g/mol. The first-order chi connectivity index (χ1) is 8.24. The van der Waals surface area contributed by atoms with E-state index in [0.717, 1.165) is 26.5 Å². The van der Waals surface area contributed by atoms with Crippen LogP contribution in [0.5, 0.6) is 5.75 Å². The third kappa shape index (κ3) is 3.90. The second kappa shape index (κ2) is 5.88. The number of nitrogens with two attached hydrogens (primary N) is 1. The van der Waals surface area contributed by atoms with Gasteiger partial charge in [-0.05, 0) is 19.1 Å². The first-order valence-electron chi connectivity index (χ1n) is 5.15. The van der Waals surface area contributed by atoms with E-state index in [0.29, 0.717) is 6.61 Å². The zero-order chi connectivity index (χ0) is 12.1. The van der Waals surface area contributed by atoms with E-state index in [1.165, 1.54) is 0 Å². The number of aromatic nitrogens is 2. The predicted octanol–water partition coefficient (Wildman–Crippen LogP) is 2.60. The normalized spacial score (nSPS) is 10.4. The van der Waals surface area contributed by atoms with E-state index in [-0.39, 0.29) is 0 Å². The van der Waals surface area contributed by atoms with Gasteiger partial charge in [0.25, 0.3) is 0 Å². The molecule has 17 heavy (non-hydrogen) atoms. The molecule has 0 atom stereocenters. The summed E-state index contributed by atoms with van der Waals surface area (Å²) in [6, 6.07) is 7.44. The summed E-state index contributed by atoms with van der Waals surface area (Å²) >= 11 is 3.25. The lowest BCUT2D eigenvalue weighted by Gasteiger charge is -2.05. The van der Waals surface area contributed by atoms with E-state index in [2.05, 4.69) is 10.2 Å². The van der Waals surface area contributed by atoms with Gasteiger partial charge in [0.15, 0.2) is 4.34 Å². The molecule has 1 heterocycles. The minimum absolute atomic E-state index is 0.632. The Morgan fingerprint density at radius 3 is 3.00 bits per heavy atom. The summed E-state index contributed by atoms with van der Waals surface area (Å²) in [6.45, 7) is 2.58. The van der Waals surface area contributed by atoms with Gasteiger partial charge < -0.3 is 10.5 Å². The van der Waals surface area contributed by atoms with Crippen molar-refractivity contribution in [2.75, 3.05) is 18.1 Å². The molecule has 0 bridgehead atoms. The highest BCUT2D eigenvalue weighted by atomic mass is 32.2. The molecule has 0 aliphatic heterocycles. The van der Waals surface area contributed by atoms with Crippen LogP contribution in [0.15, 0.2) is 28.6 Å². The molecule has 2 N–H and O–H groups in total. The fourth-order valence-electron chi connectivity index (χ4n) is 1.23. The van der Waals surface area contributed by atoms with Crippen molar-refractivity contribution < 1.29 is 4.74 Å². The summed E-state index contributed by atoms with van der Waals surface area (Å²) in [5.41, 5.74) is 6.37. The van der Waals surface area contributed by atoms with Crippen LogP contribution in [-0.2, 0) is 0 Å². The van der Waals surface area contributed by atoms with Crippen LogP contribution in [0, 0.1) is 6.92 Å². The lowest BCUT2D eigenvalue weighted by molar-refractivity contribution is 0.344. The second-order valence-electron chi connectivity index (χ2n) is 3.36. The molecule has 2 rings (SSSR count). The van der Waals surface area contributed by atoms with E-state index < -0.39 is 0 Å². The maximum Gasteiger partial charge on any atom is 0.174 e. The van der Waals surface area contributed by atoms with E-state index in [1.807, 2.05) is 31.2 Å². The molecule has 0 radical (unpaired) electrons. The monoisotopic (exact) mass is 267 g/mol. The number of rotatable bonds is 5. The molecule has 0 unspecified atom stereocenters. The van der Waals surface area contributed by atoms with Gasteiger partial charge in [-0.2, -0.15) is 0 Å². The Hall–Kier alpha value is -1.27. The Balaban J connectivity index is 1.73. The molecular formula is C11H13N3OS2. The number of hydrogen-bond acceptors (Lipinski definition) is 6. The van der Waals surface area contributed by atoms with Crippen LogP contribution in [-0.4, -0.2) is 22.6 Å². The molecule has 0 spiro atoms. The Labute approximate surface area is 108 Å². The minimum atomic E-state index is 0.632. The van der Waals surface area contributed by atoms with Crippen LogP contribution >= 0.6 is 23.1 Å². The maximum atomic E-state index is 5.65. The van der Waals surface area contributed by atoms with Crippen LogP contribution < -0.4 is 10.5 Å². The standard InChI is InChI=1S/C11H13N3OS2/c1-8-13-14-11(17-8)16-6-5-15-10-4-2-3-9(12)7-10/h2-4,7H,5-6,12H2,1H3. The van der Waals surface area contributed by atoms with Crippen molar-refractivity contribution in [2.45, 2.75) is 11.3 Å². The molecule has 6 heteroatoms. The van der Waals surface area contributed by atoms with Crippen LogP contribution in [0.2, 0.25) is 0 Å². The third-order valence-electron chi connectivity index (χ3n) is 1.94. The summed E-state index contributed by atoms with van der Waals surface area (Å²) in [6.07, 6.45) is 0. The van der Waals surface area contributed by atoms with E-state index in [1.54, 1.807) is 23.1 Å². The van der Waals surface area contributed by atoms with Crippen LogP contribution in [0.4, 0.5) is 5.69 Å². The molecule has 0 saturated heterocycles. The number of anilines is 1. The number of thioether (sulfide) groups is 1. The van der Waals surface area contributed by atoms with E-state index in [4.69, 9.17) is 10.5 Å². The third-order valence-corrected chi connectivity index (χ3v) is 3.88. The molecule has 1 aromatic carbocycles. The van der Waals surface area contributed by atoms with Gasteiger partial charge in [0.2, 0.25) is 0 Å². The van der Waals surface area contributed by atoms with Crippen LogP contribution in [0.3, 0.4) is 0 Å².